The molecule has 1 aliphatic carbocycles. The van der Waals surface area contributed by atoms with Crippen LogP contribution < -0.4 is 9.47 Å². The van der Waals surface area contributed by atoms with Crippen LogP contribution in [0.2, 0.25) is 0 Å². The number of nitrogens with one attached hydrogen (secondary N) is 1. The number of halogens is 1. The maximum Gasteiger partial charge on any atom is 0.254 e. The number of nitrogens with zero attached hydrogens (tertiary/aromatic N) is 2. The summed E-state index contributed by atoms with van der Waals surface area (Å²) >= 11 is 3.45. The number of carbonyl (C=O) groups excluding carboxylic acids is 2. The molecule has 202 valence electrons. The summed E-state index contributed by atoms with van der Waals surface area (Å²) in [7, 11) is 3.20. The highest BCUT2D eigenvalue weighted by molar-refractivity contribution is 9.10. The Labute approximate surface area is 236 Å². The second-order valence-electron chi connectivity index (χ2n) is 9.79. The van der Waals surface area contributed by atoms with Crippen LogP contribution in [0.3, 0.4) is 0 Å². The summed E-state index contributed by atoms with van der Waals surface area (Å²) in [6.45, 7) is 0.945. The normalized spacial score (nSPS) is 12.8. The van der Waals surface area contributed by atoms with Gasteiger partial charge in [-0.25, -0.2) is 0 Å². The van der Waals surface area contributed by atoms with Gasteiger partial charge in [-0.1, -0.05) is 46.3 Å². The molecule has 0 unspecified atom stereocenters. The van der Waals surface area contributed by atoms with Crippen LogP contribution in [-0.2, 0) is 17.8 Å². The predicted molar refractivity (Wildman–Crippen MR) is 155 cm³/mol. The van der Waals surface area contributed by atoms with E-state index in [2.05, 4.69) is 27.0 Å². The van der Waals surface area contributed by atoms with E-state index in [-0.39, 0.29) is 24.4 Å². The topological polar surface area (TPSA) is 74.9 Å². The number of amides is 2. The minimum absolute atomic E-state index is 0.0389. The Balaban J connectivity index is 1.38. The summed E-state index contributed by atoms with van der Waals surface area (Å²) in [6.07, 6.45) is 4.53. The number of aromatic amines is 1. The first-order valence-corrected chi connectivity index (χ1v) is 13.9. The van der Waals surface area contributed by atoms with Crippen molar-refractivity contribution in [2.75, 3.05) is 27.3 Å². The van der Waals surface area contributed by atoms with Crippen LogP contribution in [0.5, 0.6) is 11.5 Å². The molecule has 2 amide bonds. The second-order valence-corrected chi connectivity index (χ2v) is 10.7. The smallest absolute Gasteiger partial charge is 0.254 e. The molecule has 0 spiro atoms. The molecule has 39 heavy (non-hydrogen) atoms. The van der Waals surface area contributed by atoms with Crippen molar-refractivity contribution in [2.45, 2.75) is 31.8 Å². The molecule has 1 heterocycles. The average molecular weight is 591 g/mol. The highest BCUT2D eigenvalue weighted by Gasteiger charge is 2.35. The number of rotatable bonds is 11. The summed E-state index contributed by atoms with van der Waals surface area (Å²) in [5, 5.41) is 1.15. The molecule has 1 N–H and O–H groups in total. The van der Waals surface area contributed by atoms with Crippen molar-refractivity contribution in [3.63, 3.8) is 0 Å². The van der Waals surface area contributed by atoms with Crippen LogP contribution in [-0.4, -0.2) is 59.9 Å². The zero-order valence-electron chi connectivity index (χ0n) is 22.2. The molecule has 1 saturated carbocycles. The maximum absolute atomic E-state index is 13.9. The first-order chi connectivity index (χ1) is 19.0. The van der Waals surface area contributed by atoms with Crippen molar-refractivity contribution in [1.82, 2.24) is 14.8 Å². The van der Waals surface area contributed by atoms with E-state index < -0.39 is 0 Å². The van der Waals surface area contributed by atoms with Crippen molar-refractivity contribution in [3.05, 3.63) is 94.1 Å². The Kier molecular flexibility index (Phi) is 8.21. The van der Waals surface area contributed by atoms with Gasteiger partial charge in [-0.3, -0.25) is 9.59 Å². The van der Waals surface area contributed by atoms with Crippen LogP contribution in [0.15, 0.2) is 77.4 Å². The molecular weight excluding hydrogens is 558 g/mol. The molecule has 4 aromatic rings. The van der Waals surface area contributed by atoms with Gasteiger partial charge in [0, 0.05) is 46.3 Å². The molecule has 1 aliphatic rings. The van der Waals surface area contributed by atoms with Gasteiger partial charge in [0.1, 0.15) is 6.54 Å². The number of ether oxygens (including phenoxy) is 2. The standard InChI is InChI=1S/C31H32BrN3O4/c1-38-28-13-10-21(16-29(28)39-2)19-34(15-14-23-18-33-27-9-4-3-8-26(23)27)30(36)20-35(25-11-12-25)31(37)22-6-5-7-24(32)17-22/h3-10,13,16-18,25,33H,11-12,14-15,19-20H2,1-2H3. The minimum Gasteiger partial charge on any atom is -0.493 e. The number of methoxy groups -OCH3 is 2. The Morgan fingerprint density at radius 3 is 2.51 bits per heavy atom. The van der Waals surface area contributed by atoms with Crippen molar-refractivity contribution < 1.29 is 19.1 Å². The zero-order chi connectivity index (χ0) is 27.4. The number of H-pyrrole nitrogens is 1. The molecule has 5 rings (SSSR count). The molecule has 0 radical (unpaired) electrons. The molecule has 1 aromatic heterocycles. The SMILES string of the molecule is COc1ccc(CN(CCc2c[nH]c3ccccc23)C(=O)CN(C(=O)c2cccc(Br)c2)C2CC2)cc1OC. The quantitative estimate of drug-likeness (QED) is 0.239. The van der Waals surface area contributed by atoms with E-state index in [1.165, 1.54) is 0 Å². The van der Waals surface area contributed by atoms with Gasteiger partial charge in [0.2, 0.25) is 5.91 Å². The van der Waals surface area contributed by atoms with Gasteiger partial charge in [-0.15, -0.1) is 0 Å². The van der Waals surface area contributed by atoms with Crippen LogP contribution in [0.1, 0.15) is 34.3 Å². The van der Waals surface area contributed by atoms with Gasteiger partial charge in [0.05, 0.1) is 14.2 Å². The predicted octanol–water partition coefficient (Wildman–Crippen LogP) is 5.82. The molecule has 0 saturated heterocycles. The summed E-state index contributed by atoms with van der Waals surface area (Å²) in [5.74, 6) is 1.05. The fourth-order valence-corrected chi connectivity index (χ4v) is 5.27. The fourth-order valence-electron chi connectivity index (χ4n) is 4.87. The molecule has 8 heteroatoms. The monoisotopic (exact) mass is 589 g/mol. The van der Waals surface area contributed by atoms with Gasteiger partial charge in [-0.05, 0) is 66.8 Å². The molecule has 0 aliphatic heterocycles. The first kappa shape index (κ1) is 26.8. The largest absolute Gasteiger partial charge is 0.493 e. The number of hydrogen-bond donors (Lipinski definition) is 1. The fraction of sp³-hybridized carbons (Fsp3) is 0.290. The summed E-state index contributed by atoms with van der Waals surface area (Å²) < 4.78 is 11.7. The van der Waals surface area contributed by atoms with Crippen molar-refractivity contribution in [1.29, 1.82) is 0 Å². The minimum atomic E-state index is -0.116. The van der Waals surface area contributed by atoms with Crippen molar-refractivity contribution >= 4 is 38.6 Å². The molecular formula is C31H32BrN3O4. The van der Waals surface area contributed by atoms with E-state index in [1.54, 1.807) is 31.3 Å². The van der Waals surface area contributed by atoms with E-state index in [0.717, 1.165) is 39.3 Å². The Hall–Kier alpha value is -3.78. The summed E-state index contributed by atoms with van der Waals surface area (Å²) in [4.78, 5) is 34.2. The van der Waals surface area contributed by atoms with E-state index in [1.807, 2.05) is 59.6 Å². The molecule has 1 fully saturated rings. The third-order valence-corrected chi connectivity index (χ3v) is 7.62. The number of benzene rings is 3. The van der Waals surface area contributed by atoms with E-state index in [4.69, 9.17) is 9.47 Å². The third kappa shape index (κ3) is 6.28. The Bertz CT molecular complexity index is 1480. The van der Waals surface area contributed by atoms with Gasteiger partial charge >= 0.3 is 0 Å². The Morgan fingerprint density at radius 1 is 0.974 bits per heavy atom. The zero-order valence-corrected chi connectivity index (χ0v) is 23.7. The molecule has 3 aromatic carbocycles. The highest BCUT2D eigenvalue weighted by atomic mass is 79.9. The third-order valence-electron chi connectivity index (χ3n) is 7.13. The highest BCUT2D eigenvalue weighted by Crippen LogP contribution is 2.30. The van der Waals surface area contributed by atoms with Gasteiger partial charge in [0.15, 0.2) is 11.5 Å². The van der Waals surface area contributed by atoms with E-state index in [9.17, 15) is 9.59 Å². The van der Waals surface area contributed by atoms with Crippen molar-refractivity contribution in [3.8, 4) is 11.5 Å². The van der Waals surface area contributed by atoms with Crippen molar-refractivity contribution in [2.24, 2.45) is 0 Å². The second kappa shape index (κ2) is 11.9. The number of aromatic nitrogens is 1. The molecule has 7 nitrogen and oxygen atoms in total. The van der Waals surface area contributed by atoms with Crippen LogP contribution in [0.25, 0.3) is 10.9 Å². The maximum atomic E-state index is 13.9. The number of hydrogen-bond acceptors (Lipinski definition) is 4. The summed E-state index contributed by atoms with van der Waals surface area (Å²) in [6, 6.07) is 21.3. The lowest BCUT2D eigenvalue weighted by Crippen LogP contribution is -2.44. The lowest BCUT2D eigenvalue weighted by Gasteiger charge is -2.28. The molecule has 0 bridgehead atoms. The van der Waals surface area contributed by atoms with Gasteiger partial charge in [-0.2, -0.15) is 0 Å². The Morgan fingerprint density at radius 2 is 1.77 bits per heavy atom. The lowest BCUT2D eigenvalue weighted by atomic mass is 10.1. The van der Waals surface area contributed by atoms with Gasteiger partial charge < -0.3 is 24.3 Å². The average Bonchev–Trinajstić information content (AvgIpc) is 3.72. The van der Waals surface area contributed by atoms with Crippen LogP contribution in [0.4, 0.5) is 0 Å². The van der Waals surface area contributed by atoms with E-state index in [0.29, 0.717) is 36.6 Å². The van der Waals surface area contributed by atoms with E-state index >= 15 is 0 Å². The summed E-state index contributed by atoms with van der Waals surface area (Å²) in [5.41, 5.74) is 3.73. The number of para-hydroxylation sites is 1. The number of carbonyl (C=O) groups is 2. The molecule has 0 atom stereocenters. The number of fused-ring (bicyclic) bond motifs is 1. The first-order valence-electron chi connectivity index (χ1n) is 13.1. The van der Waals surface area contributed by atoms with Gasteiger partial charge in [0.25, 0.3) is 5.91 Å². The van der Waals surface area contributed by atoms with Crippen LogP contribution >= 0.6 is 15.9 Å². The van der Waals surface area contributed by atoms with Crippen LogP contribution in [0, 0.1) is 0 Å². The lowest BCUT2D eigenvalue weighted by molar-refractivity contribution is -0.132.